The molecule has 2 aromatic rings. The molecular weight excluding hydrogens is 650 g/mol. The third-order valence-electron chi connectivity index (χ3n) is 8.14. The number of esters is 1. The van der Waals surface area contributed by atoms with Gasteiger partial charge >= 0.3 is 11.9 Å². The van der Waals surface area contributed by atoms with E-state index < -0.39 is 23.8 Å². The van der Waals surface area contributed by atoms with Crippen LogP contribution in [0.3, 0.4) is 0 Å². The van der Waals surface area contributed by atoms with Gasteiger partial charge in [0, 0.05) is 18.3 Å². The van der Waals surface area contributed by atoms with Gasteiger partial charge in [-0.15, -0.1) is 11.3 Å². The molecule has 266 valence electrons. The van der Waals surface area contributed by atoms with Crippen LogP contribution in [-0.4, -0.2) is 89.1 Å². The van der Waals surface area contributed by atoms with Gasteiger partial charge in [0.05, 0.1) is 81.8 Å². The Labute approximate surface area is 292 Å². The quantitative estimate of drug-likeness (QED) is 0.0629. The van der Waals surface area contributed by atoms with Gasteiger partial charge in [-0.25, -0.2) is 4.85 Å². The molecular formula is C35H47N5O8S. The normalized spacial score (nSPS) is 16.1. The Morgan fingerprint density at radius 2 is 1.57 bits per heavy atom. The van der Waals surface area contributed by atoms with Crippen molar-refractivity contribution in [2.24, 2.45) is 22.1 Å². The van der Waals surface area contributed by atoms with E-state index in [1.807, 2.05) is 19.1 Å². The van der Waals surface area contributed by atoms with Gasteiger partial charge in [0.2, 0.25) is 5.69 Å². The average molecular weight is 698 g/mol. The largest absolute Gasteiger partial charge is 0.481 e. The van der Waals surface area contributed by atoms with E-state index in [9.17, 15) is 20.0 Å². The predicted octanol–water partition coefficient (Wildman–Crippen LogP) is 6.92. The van der Waals surface area contributed by atoms with Crippen molar-refractivity contribution in [3.63, 3.8) is 0 Å². The lowest BCUT2D eigenvalue weighted by molar-refractivity contribution is -0.160. The maximum Gasteiger partial charge on any atom is 0.309 e. The molecule has 1 aromatic heterocycles. The Balaban J connectivity index is 1.24. The molecule has 49 heavy (non-hydrogen) atoms. The number of carboxylic acids is 1. The molecule has 13 nitrogen and oxygen atoms in total. The first-order valence-corrected chi connectivity index (χ1v) is 17.4. The number of rotatable bonds is 21. The van der Waals surface area contributed by atoms with Crippen LogP contribution < -0.4 is 4.90 Å². The summed E-state index contributed by atoms with van der Waals surface area (Å²) in [6.45, 7) is 19.4. The fourth-order valence-corrected chi connectivity index (χ4v) is 6.32. The van der Waals surface area contributed by atoms with Crippen LogP contribution in [0.4, 0.5) is 22.1 Å². The second kappa shape index (κ2) is 21.2. The third kappa shape index (κ3) is 12.5. The zero-order valence-electron chi connectivity index (χ0n) is 28.8. The molecule has 2 unspecified atom stereocenters. The van der Waals surface area contributed by atoms with Crippen LogP contribution in [0.1, 0.15) is 55.5 Å². The highest BCUT2D eigenvalue weighted by molar-refractivity contribution is 7.17. The topological polar surface area (TPSA) is 157 Å². The molecule has 2 atom stereocenters. The maximum atomic E-state index is 12.2. The molecule has 1 aliphatic carbocycles. The van der Waals surface area contributed by atoms with E-state index >= 15 is 0 Å². The molecule has 0 bridgehead atoms. The second-order valence-electron chi connectivity index (χ2n) is 11.8. The minimum Gasteiger partial charge on any atom is -0.481 e. The summed E-state index contributed by atoms with van der Waals surface area (Å²) in [6, 6.07) is 8.32. The van der Waals surface area contributed by atoms with Crippen molar-refractivity contribution in [2.45, 2.75) is 59.4 Å². The SMILES string of the molecule is [C-]#[N+]c1c(N=Nc2ccc(N(CCOCCOCCOCCOCCOC(=O)C3CCCCC3C(=O)O)C(C)C)cc2C)sc(C#N)c1C. The zero-order valence-corrected chi connectivity index (χ0v) is 29.6. The lowest BCUT2D eigenvalue weighted by atomic mass is 9.79. The molecule has 1 N–H and O–H groups in total. The molecule has 1 aromatic carbocycles. The van der Waals surface area contributed by atoms with Crippen LogP contribution in [0.15, 0.2) is 28.4 Å². The van der Waals surface area contributed by atoms with Crippen molar-refractivity contribution >= 4 is 45.3 Å². The van der Waals surface area contributed by atoms with Gasteiger partial charge < -0.3 is 33.7 Å². The number of aryl methyl sites for hydroxylation is 1. The van der Waals surface area contributed by atoms with E-state index in [0.717, 1.165) is 24.1 Å². The first kappa shape index (κ1) is 39.5. The van der Waals surface area contributed by atoms with Gasteiger partial charge in [-0.2, -0.15) is 15.5 Å². The van der Waals surface area contributed by atoms with E-state index in [0.29, 0.717) is 92.5 Å². The molecule has 0 spiro atoms. The van der Waals surface area contributed by atoms with Crippen LogP contribution in [0.5, 0.6) is 0 Å². The van der Waals surface area contributed by atoms with Crippen molar-refractivity contribution in [1.82, 2.24) is 0 Å². The third-order valence-corrected chi connectivity index (χ3v) is 9.21. The highest BCUT2D eigenvalue weighted by Gasteiger charge is 2.36. The number of anilines is 1. The lowest BCUT2D eigenvalue weighted by Gasteiger charge is -2.29. The first-order valence-electron chi connectivity index (χ1n) is 16.6. The number of carbonyl (C=O) groups excluding carboxylic acids is 1. The number of nitriles is 1. The van der Waals surface area contributed by atoms with Crippen LogP contribution in [0.25, 0.3) is 4.85 Å². The summed E-state index contributed by atoms with van der Waals surface area (Å²) in [5.74, 6) is -2.61. The molecule has 0 radical (unpaired) electrons. The van der Waals surface area contributed by atoms with E-state index in [1.54, 1.807) is 6.92 Å². The number of hydrogen-bond donors (Lipinski definition) is 1. The minimum absolute atomic E-state index is 0.0904. The fourth-order valence-electron chi connectivity index (χ4n) is 5.45. The molecule has 0 aliphatic heterocycles. The van der Waals surface area contributed by atoms with Crippen LogP contribution in [-0.2, 0) is 33.3 Å². The number of hydrogen-bond acceptors (Lipinski definition) is 12. The molecule has 1 fully saturated rings. The molecule has 3 rings (SSSR count). The van der Waals surface area contributed by atoms with E-state index in [4.69, 9.17) is 30.3 Å². The molecule has 0 saturated heterocycles. The van der Waals surface area contributed by atoms with Gasteiger partial charge in [0.15, 0.2) is 0 Å². The maximum absolute atomic E-state index is 12.2. The summed E-state index contributed by atoms with van der Waals surface area (Å²) in [7, 11) is 0. The van der Waals surface area contributed by atoms with E-state index in [2.05, 4.69) is 46.0 Å². The Morgan fingerprint density at radius 1 is 0.980 bits per heavy atom. The van der Waals surface area contributed by atoms with Crippen LogP contribution >= 0.6 is 11.3 Å². The number of carboxylic acid groups (broad SMARTS) is 1. The summed E-state index contributed by atoms with van der Waals surface area (Å²) in [4.78, 5) is 29.9. The van der Waals surface area contributed by atoms with Crippen molar-refractivity contribution in [3.05, 3.63) is 45.6 Å². The molecule has 14 heteroatoms. The zero-order chi connectivity index (χ0) is 35.6. The Morgan fingerprint density at radius 3 is 2.12 bits per heavy atom. The summed E-state index contributed by atoms with van der Waals surface area (Å²) in [6.07, 6.45) is 2.74. The fraction of sp³-hybridized carbons (Fsp3) is 0.600. The standard InChI is InChI=1S/C35H47N5O8S/c1-24(2)40(27-10-11-30(25(3)22-27)38-39-33-32(37-5)26(4)31(23-36)49-33)12-13-44-14-15-45-16-17-46-18-19-47-20-21-48-35(43)29-9-7-6-8-28(29)34(41)42/h10-11,22,24,28-29H,6-9,12-21H2,1-4H3,(H,41,42). The number of carbonyl (C=O) groups is 2. The number of aliphatic carboxylic acids is 1. The number of thiophene rings is 1. The Bertz CT molecular complexity index is 1480. The van der Waals surface area contributed by atoms with Gasteiger partial charge in [-0.05, 0) is 69.9 Å². The molecule has 0 amide bonds. The summed E-state index contributed by atoms with van der Waals surface area (Å²) < 4.78 is 27.6. The number of ether oxygens (including phenoxy) is 5. The lowest BCUT2D eigenvalue weighted by Crippen LogP contribution is -2.34. The molecule has 1 saturated carbocycles. The monoisotopic (exact) mass is 697 g/mol. The summed E-state index contributed by atoms with van der Waals surface area (Å²) in [5, 5.41) is 27.7. The van der Waals surface area contributed by atoms with Gasteiger partial charge in [0.25, 0.3) is 0 Å². The summed E-state index contributed by atoms with van der Waals surface area (Å²) >= 11 is 1.18. The van der Waals surface area contributed by atoms with E-state index in [-0.39, 0.29) is 19.3 Å². The minimum atomic E-state index is -0.933. The number of azo groups is 1. The first-order chi connectivity index (χ1) is 23.7. The van der Waals surface area contributed by atoms with Gasteiger partial charge in [-0.3, -0.25) is 9.59 Å². The van der Waals surface area contributed by atoms with Crippen LogP contribution in [0, 0.1) is 43.6 Å². The van der Waals surface area contributed by atoms with Crippen LogP contribution in [0.2, 0.25) is 0 Å². The Kier molecular flexibility index (Phi) is 17.1. The van der Waals surface area contributed by atoms with Gasteiger partial charge in [0.1, 0.15) is 17.7 Å². The predicted molar refractivity (Wildman–Crippen MR) is 185 cm³/mol. The summed E-state index contributed by atoms with van der Waals surface area (Å²) in [5.41, 5.74) is 3.70. The average Bonchev–Trinajstić information content (AvgIpc) is 3.40. The highest BCUT2D eigenvalue weighted by Crippen LogP contribution is 2.42. The van der Waals surface area contributed by atoms with Crippen molar-refractivity contribution in [2.75, 3.05) is 70.9 Å². The number of benzene rings is 1. The Hall–Kier alpha value is -3.92. The molecule has 1 heterocycles. The second-order valence-corrected chi connectivity index (χ2v) is 12.8. The van der Waals surface area contributed by atoms with Gasteiger partial charge in [-0.1, -0.05) is 12.8 Å². The van der Waals surface area contributed by atoms with E-state index in [1.165, 1.54) is 11.3 Å². The van der Waals surface area contributed by atoms with Crippen molar-refractivity contribution in [3.8, 4) is 6.07 Å². The number of nitrogens with zero attached hydrogens (tertiary/aromatic N) is 5. The smallest absolute Gasteiger partial charge is 0.309 e. The highest BCUT2D eigenvalue weighted by atomic mass is 32.1. The molecule has 1 aliphatic rings. The van der Waals surface area contributed by atoms with Crippen molar-refractivity contribution < 1.29 is 38.4 Å². The van der Waals surface area contributed by atoms with Crippen molar-refractivity contribution in [1.29, 1.82) is 5.26 Å².